The number of hydrogen-bond acceptors (Lipinski definition) is 6. The van der Waals surface area contributed by atoms with Crippen molar-refractivity contribution in [2.75, 3.05) is 19.3 Å². The largest absolute Gasteiger partial charge is 0.342 e. The smallest absolute Gasteiger partial charge is 0.251 e. The highest BCUT2D eigenvalue weighted by molar-refractivity contribution is 7.90. The molecule has 1 atom stereocenters. The van der Waals surface area contributed by atoms with Gasteiger partial charge in [0, 0.05) is 37.5 Å². The highest BCUT2D eigenvalue weighted by Gasteiger charge is 2.29. The minimum absolute atomic E-state index is 0.0266. The molecule has 160 valence electrons. The van der Waals surface area contributed by atoms with Gasteiger partial charge in [-0.2, -0.15) is 0 Å². The van der Waals surface area contributed by atoms with Crippen molar-refractivity contribution in [3.8, 4) is 11.5 Å². The summed E-state index contributed by atoms with van der Waals surface area (Å²) in [5.74, 6) is 0.351. The molecule has 0 spiro atoms. The Balaban J connectivity index is 1.45. The number of aromatic nitrogens is 3. The third-order valence-electron chi connectivity index (χ3n) is 5.34. The molecule has 1 aliphatic rings. The molecule has 0 saturated carbocycles. The minimum Gasteiger partial charge on any atom is -0.342 e. The Kier molecular flexibility index (Phi) is 5.69. The zero-order valence-electron chi connectivity index (χ0n) is 17.0. The molecule has 1 fully saturated rings. The van der Waals surface area contributed by atoms with E-state index in [1.54, 1.807) is 35.4 Å². The van der Waals surface area contributed by atoms with Gasteiger partial charge < -0.3 is 9.88 Å². The Labute approximate surface area is 179 Å². The van der Waals surface area contributed by atoms with Gasteiger partial charge in [-0.3, -0.25) is 14.6 Å². The number of likely N-dealkylation sites (tertiary alicyclic amines) is 1. The van der Waals surface area contributed by atoms with Crippen molar-refractivity contribution < 1.29 is 13.2 Å². The van der Waals surface area contributed by atoms with Gasteiger partial charge in [0.25, 0.3) is 5.56 Å². The van der Waals surface area contributed by atoms with E-state index in [-0.39, 0.29) is 28.7 Å². The van der Waals surface area contributed by atoms with Crippen LogP contribution >= 0.6 is 0 Å². The molecular weight excluding hydrogens is 416 g/mol. The van der Waals surface area contributed by atoms with Crippen molar-refractivity contribution in [2.45, 2.75) is 23.7 Å². The van der Waals surface area contributed by atoms with Crippen LogP contribution in [0.15, 0.2) is 64.4 Å². The van der Waals surface area contributed by atoms with E-state index in [0.29, 0.717) is 30.3 Å². The highest BCUT2D eigenvalue weighted by Crippen LogP contribution is 2.26. The van der Waals surface area contributed by atoms with E-state index in [9.17, 15) is 18.0 Å². The van der Waals surface area contributed by atoms with Gasteiger partial charge in [-0.05, 0) is 36.2 Å². The van der Waals surface area contributed by atoms with Crippen LogP contribution in [0.25, 0.3) is 11.5 Å². The second-order valence-corrected chi connectivity index (χ2v) is 9.67. The fraction of sp³-hybridized carbons (Fsp3) is 0.273. The van der Waals surface area contributed by atoms with Crippen LogP contribution in [0.2, 0.25) is 0 Å². The highest BCUT2D eigenvalue weighted by atomic mass is 32.2. The molecule has 31 heavy (non-hydrogen) atoms. The van der Waals surface area contributed by atoms with Crippen LogP contribution in [0.4, 0.5) is 0 Å². The fourth-order valence-corrected chi connectivity index (χ4v) is 4.31. The van der Waals surface area contributed by atoms with Crippen molar-refractivity contribution in [1.29, 1.82) is 0 Å². The van der Waals surface area contributed by atoms with Crippen LogP contribution in [-0.4, -0.2) is 53.5 Å². The summed E-state index contributed by atoms with van der Waals surface area (Å²) >= 11 is 0. The number of pyridine rings is 1. The van der Waals surface area contributed by atoms with E-state index in [2.05, 4.69) is 15.0 Å². The van der Waals surface area contributed by atoms with Gasteiger partial charge in [0.15, 0.2) is 15.7 Å². The summed E-state index contributed by atoms with van der Waals surface area (Å²) in [7, 11) is -3.26. The molecule has 8 nitrogen and oxygen atoms in total. The lowest BCUT2D eigenvalue weighted by Crippen LogP contribution is -2.30. The Hall–Kier alpha value is -3.33. The number of carbonyl (C=O) groups is 1. The van der Waals surface area contributed by atoms with Crippen molar-refractivity contribution in [1.82, 2.24) is 19.9 Å². The number of benzene rings is 1. The fourth-order valence-electron chi connectivity index (χ4n) is 3.68. The number of nitrogens with zero attached hydrogens (tertiary/aromatic N) is 3. The number of sulfone groups is 1. The molecule has 1 amide bonds. The molecule has 3 heterocycles. The molecule has 0 bridgehead atoms. The molecule has 2 aromatic heterocycles. The van der Waals surface area contributed by atoms with Gasteiger partial charge in [0.2, 0.25) is 5.91 Å². The zero-order valence-corrected chi connectivity index (χ0v) is 17.8. The monoisotopic (exact) mass is 438 g/mol. The number of amides is 1. The van der Waals surface area contributed by atoms with Crippen LogP contribution in [0, 0.1) is 0 Å². The van der Waals surface area contributed by atoms with E-state index in [1.165, 1.54) is 18.2 Å². The Morgan fingerprint density at radius 3 is 2.65 bits per heavy atom. The average Bonchev–Trinajstić information content (AvgIpc) is 3.24. The first-order valence-corrected chi connectivity index (χ1v) is 11.8. The summed E-state index contributed by atoms with van der Waals surface area (Å²) in [5.41, 5.74) is 1.75. The normalized spacial score (nSPS) is 16.4. The predicted molar refractivity (Wildman–Crippen MR) is 115 cm³/mol. The topological polar surface area (TPSA) is 113 Å². The van der Waals surface area contributed by atoms with Crippen LogP contribution < -0.4 is 5.56 Å². The van der Waals surface area contributed by atoms with Crippen molar-refractivity contribution in [3.63, 3.8) is 0 Å². The third-order valence-corrected chi connectivity index (χ3v) is 6.46. The van der Waals surface area contributed by atoms with E-state index >= 15 is 0 Å². The standard InChI is InChI=1S/C22H22N4O4S/c1-31(29,30)17-7-5-15(6-8-17)12-21(28)26-11-9-16(14-26)19-13-20(27)25-22(24-19)18-4-2-3-10-23-18/h2-8,10,13,16H,9,11-12,14H2,1H3,(H,24,25,27)/t16-/m0/s1. The molecule has 9 heteroatoms. The number of hydrogen-bond donors (Lipinski definition) is 1. The maximum absolute atomic E-state index is 12.7. The summed E-state index contributed by atoms with van der Waals surface area (Å²) in [6.07, 6.45) is 3.70. The molecule has 0 radical (unpaired) electrons. The van der Waals surface area contributed by atoms with E-state index in [1.807, 2.05) is 6.07 Å². The SMILES string of the molecule is CS(=O)(=O)c1ccc(CC(=O)N2CC[C@H](c3cc(=O)[nH]c(-c4ccccn4)n3)C2)cc1. The maximum Gasteiger partial charge on any atom is 0.251 e. The van der Waals surface area contributed by atoms with Crippen LogP contribution in [0.3, 0.4) is 0 Å². The number of nitrogens with one attached hydrogen (secondary N) is 1. The van der Waals surface area contributed by atoms with Crippen LogP contribution in [0.5, 0.6) is 0 Å². The summed E-state index contributed by atoms with van der Waals surface area (Å²) in [4.78, 5) is 38.4. The summed E-state index contributed by atoms with van der Waals surface area (Å²) in [5, 5.41) is 0. The lowest BCUT2D eigenvalue weighted by atomic mass is 10.0. The molecule has 1 aliphatic heterocycles. The molecular formula is C22H22N4O4S. The first-order chi connectivity index (χ1) is 14.8. The van der Waals surface area contributed by atoms with Gasteiger partial charge in [-0.15, -0.1) is 0 Å². The second kappa shape index (κ2) is 8.43. The quantitative estimate of drug-likeness (QED) is 0.650. The summed E-state index contributed by atoms with van der Waals surface area (Å²) in [6, 6.07) is 13.2. The number of aromatic amines is 1. The molecule has 3 aromatic rings. The third kappa shape index (κ3) is 4.88. The maximum atomic E-state index is 12.7. The van der Waals surface area contributed by atoms with E-state index in [4.69, 9.17) is 0 Å². The number of rotatable bonds is 5. The lowest BCUT2D eigenvalue weighted by molar-refractivity contribution is -0.129. The average molecular weight is 439 g/mol. The molecule has 4 rings (SSSR count). The Bertz CT molecular complexity index is 1250. The molecule has 1 saturated heterocycles. The van der Waals surface area contributed by atoms with Gasteiger partial charge in [-0.25, -0.2) is 13.4 Å². The zero-order chi connectivity index (χ0) is 22.0. The Morgan fingerprint density at radius 1 is 1.19 bits per heavy atom. The number of carbonyl (C=O) groups excluding carboxylic acids is 1. The van der Waals surface area contributed by atoms with E-state index in [0.717, 1.165) is 18.2 Å². The lowest BCUT2D eigenvalue weighted by Gasteiger charge is -2.17. The second-order valence-electron chi connectivity index (χ2n) is 7.65. The van der Waals surface area contributed by atoms with Crippen molar-refractivity contribution in [3.05, 3.63) is 76.3 Å². The molecule has 1 aromatic carbocycles. The van der Waals surface area contributed by atoms with Crippen molar-refractivity contribution in [2.24, 2.45) is 0 Å². The number of H-pyrrole nitrogens is 1. The summed E-state index contributed by atoms with van der Waals surface area (Å²) in [6.45, 7) is 1.07. The predicted octanol–water partition coefficient (Wildman–Crippen LogP) is 1.79. The Morgan fingerprint density at radius 2 is 1.97 bits per heavy atom. The van der Waals surface area contributed by atoms with Gasteiger partial charge in [0.05, 0.1) is 17.0 Å². The van der Waals surface area contributed by atoms with Crippen LogP contribution in [0.1, 0.15) is 23.6 Å². The van der Waals surface area contributed by atoms with Gasteiger partial charge in [0.1, 0.15) is 5.69 Å². The molecule has 0 unspecified atom stereocenters. The van der Waals surface area contributed by atoms with Gasteiger partial charge >= 0.3 is 0 Å². The minimum atomic E-state index is -3.26. The van der Waals surface area contributed by atoms with Gasteiger partial charge in [-0.1, -0.05) is 18.2 Å². The first kappa shape index (κ1) is 20.9. The summed E-state index contributed by atoms with van der Waals surface area (Å²) < 4.78 is 23.2. The molecule has 1 N–H and O–H groups in total. The van der Waals surface area contributed by atoms with E-state index < -0.39 is 9.84 Å². The first-order valence-electron chi connectivity index (χ1n) is 9.89. The molecule has 0 aliphatic carbocycles. The van der Waals surface area contributed by atoms with Crippen molar-refractivity contribution >= 4 is 15.7 Å². The van der Waals surface area contributed by atoms with Crippen LogP contribution in [-0.2, 0) is 21.1 Å².